The lowest BCUT2D eigenvalue weighted by molar-refractivity contribution is 1.24. The Morgan fingerprint density at radius 2 is 2.07 bits per heavy atom. The van der Waals surface area contributed by atoms with Crippen LogP contribution in [0.25, 0.3) is 0 Å². The van der Waals surface area contributed by atoms with Crippen LogP contribution in [-0.4, -0.2) is 9.97 Å². The topological polar surface area (TPSA) is 63.8 Å². The third-order valence-electron chi connectivity index (χ3n) is 1.95. The summed E-state index contributed by atoms with van der Waals surface area (Å²) in [5.41, 5.74) is 7.31. The van der Waals surface area contributed by atoms with Crippen molar-refractivity contribution in [3.63, 3.8) is 0 Å². The van der Waals surface area contributed by atoms with Crippen molar-refractivity contribution in [3.8, 4) is 0 Å². The fourth-order valence-corrected chi connectivity index (χ4v) is 1.90. The van der Waals surface area contributed by atoms with Crippen LogP contribution in [0.1, 0.15) is 10.4 Å². The molecule has 0 atom stereocenters. The zero-order valence-electron chi connectivity index (χ0n) is 8.61. The van der Waals surface area contributed by atoms with Crippen LogP contribution in [0.4, 0.5) is 16.6 Å². The van der Waals surface area contributed by atoms with Crippen LogP contribution in [0.2, 0.25) is 0 Å². The molecule has 2 heterocycles. The molecular formula is C10H12N4S. The van der Waals surface area contributed by atoms with Gasteiger partial charge < -0.3 is 11.1 Å². The molecule has 3 N–H and O–H groups in total. The van der Waals surface area contributed by atoms with Crippen molar-refractivity contribution in [2.24, 2.45) is 0 Å². The van der Waals surface area contributed by atoms with E-state index in [2.05, 4.69) is 15.3 Å². The first-order valence-electron chi connectivity index (χ1n) is 4.57. The smallest absolute Gasteiger partial charge is 0.188 e. The average molecular weight is 220 g/mol. The molecule has 0 aliphatic rings. The molecule has 0 fully saturated rings. The molecule has 0 unspecified atom stereocenters. The number of thiazole rings is 1. The molecule has 0 spiro atoms. The summed E-state index contributed by atoms with van der Waals surface area (Å²) >= 11 is 1.60. The summed E-state index contributed by atoms with van der Waals surface area (Å²) in [5.74, 6) is 0.804. The van der Waals surface area contributed by atoms with Gasteiger partial charge in [-0.15, -0.1) is 11.3 Å². The van der Waals surface area contributed by atoms with Gasteiger partial charge in [-0.3, -0.25) is 0 Å². The van der Waals surface area contributed by atoms with Crippen LogP contribution in [0.3, 0.4) is 0 Å². The quantitative estimate of drug-likeness (QED) is 0.816. The van der Waals surface area contributed by atoms with Crippen molar-refractivity contribution >= 4 is 28.0 Å². The molecule has 5 heteroatoms. The highest BCUT2D eigenvalue weighted by Gasteiger charge is 2.03. The number of nitrogen functional groups attached to an aromatic ring is 1. The lowest BCUT2D eigenvalue weighted by atomic mass is 10.3. The maximum atomic E-state index is 5.62. The Labute approximate surface area is 92.2 Å². The summed E-state index contributed by atoms with van der Waals surface area (Å²) in [5, 5.41) is 4.02. The van der Waals surface area contributed by atoms with Crippen LogP contribution < -0.4 is 11.1 Å². The number of nitrogens with zero attached hydrogens (tertiary/aromatic N) is 2. The van der Waals surface area contributed by atoms with Crippen molar-refractivity contribution < 1.29 is 0 Å². The normalized spacial score (nSPS) is 10.3. The first-order valence-corrected chi connectivity index (χ1v) is 5.38. The maximum Gasteiger partial charge on any atom is 0.188 e. The van der Waals surface area contributed by atoms with Gasteiger partial charge >= 0.3 is 0 Å². The molecule has 0 amide bonds. The average Bonchev–Trinajstić information content (AvgIpc) is 2.56. The Morgan fingerprint density at radius 1 is 1.27 bits per heavy atom. The molecule has 2 aromatic rings. The van der Waals surface area contributed by atoms with Gasteiger partial charge in [0.25, 0.3) is 0 Å². The van der Waals surface area contributed by atoms with Crippen molar-refractivity contribution in [3.05, 3.63) is 28.9 Å². The number of nitrogens with one attached hydrogen (secondary N) is 1. The van der Waals surface area contributed by atoms with Crippen LogP contribution in [0.5, 0.6) is 0 Å². The molecule has 2 aromatic heterocycles. The predicted molar refractivity (Wildman–Crippen MR) is 63.5 cm³/mol. The minimum absolute atomic E-state index is 0.674. The van der Waals surface area contributed by atoms with Gasteiger partial charge in [0, 0.05) is 11.1 Å². The minimum Gasteiger partial charge on any atom is -0.397 e. The number of pyridine rings is 1. The number of anilines is 3. The molecule has 4 nitrogen and oxygen atoms in total. The molecule has 0 saturated carbocycles. The predicted octanol–water partition coefficient (Wildman–Crippen LogP) is 2.48. The lowest BCUT2D eigenvalue weighted by Crippen LogP contribution is -1.97. The summed E-state index contributed by atoms with van der Waals surface area (Å²) in [4.78, 5) is 9.60. The summed E-state index contributed by atoms with van der Waals surface area (Å²) in [7, 11) is 0. The molecule has 78 valence electrons. The van der Waals surface area contributed by atoms with Crippen molar-refractivity contribution in [2.75, 3.05) is 11.1 Å². The molecule has 2 rings (SSSR count). The van der Waals surface area contributed by atoms with Gasteiger partial charge in [-0.25, -0.2) is 9.97 Å². The van der Waals surface area contributed by atoms with Gasteiger partial charge in [0.05, 0.1) is 11.9 Å². The fraction of sp³-hybridized carbons (Fsp3) is 0.200. The summed E-state index contributed by atoms with van der Waals surface area (Å²) in [6.45, 7) is 3.98. The third-order valence-corrected chi connectivity index (χ3v) is 2.77. The Hall–Kier alpha value is -1.62. The molecule has 0 bridgehead atoms. The van der Waals surface area contributed by atoms with Gasteiger partial charge in [-0.05, 0) is 25.5 Å². The molecule has 0 aliphatic heterocycles. The van der Waals surface area contributed by atoms with Gasteiger partial charge in [-0.1, -0.05) is 0 Å². The second-order valence-corrected chi connectivity index (χ2v) is 4.57. The SMILES string of the molecule is Cc1cnc(Nc2ncc(N)cc2C)s1. The molecule has 0 saturated heterocycles. The highest BCUT2D eigenvalue weighted by Crippen LogP contribution is 2.23. The van der Waals surface area contributed by atoms with Gasteiger partial charge in [0.2, 0.25) is 0 Å². The largest absolute Gasteiger partial charge is 0.397 e. The summed E-state index contributed by atoms with van der Waals surface area (Å²) in [6, 6.07) is 1.88. The third kappa shape index (κ3) is 2.24. The van der Waals surface area contributed by atoms with E-state index >= 15 is 0 Å². The number of hydrogen-bond donors (Lipinski definition) is 2. The van der Waals surface area contributed by atoms with E-state index in [1.807, 2.05) is 26.1 Å². The second kappa shape index (κ2) is 3.86. The highest BCUT2D eigenvalue weighted by molar-refractivity contribution is 7.15. The number of nitrogens with two attached hydrogens (primary N) is 1. The van der Waals surface area contributed by atoms with Crippen molar-refractivity contribution in [1.82, 2.24) is 9.97 Å². The zero-order valence-corrected chi connectivity index (χ0v) is 9.43. The standard InChI is InChI=1S/C10H12N4S/c1-6-3-8(11)5-12-9(6)14-10-13-4-7(2)15-10/h3-5H,11H2,1-2H3,(H,12,13,14). The lowest BCUT2D eigenvalue weighted by Gasteiger charge is -2.05. The number of hydrogen-bond acceptors (Lipinski definition) is 5. The molecule has 0 aromatic carbocycles. The first kappa shape index (κ1) is 9.92. The van der Waals surface area contributed by atoms with E-state index in [9.17, 15) is 0 Å². The van der Waals surface area contributed by atoms with E-state index in [1.54, 1.807) is 17.5 Å². The van der Waals surface area contributed by atoms with Crippen LogP contribution >= 0.6 is 11.3 Å². The van der Waals surface area contributed by atoms with Gasteiger partial charge in [0.1, 0.15) is 5.82 Å². The summed E-state index contributed by atoms with van der Waals surface area (Å²) in [6.07, 6.45) is 3.47. The Kier molecular flexibility index (Phi) is 2.55. The van der Waals surface area contributed by atoms with Crippen LogP contribution in [0.15, 0.2) is 18.5 Å². The van der Waals surface area contributed by atoms with E-state index in [-0.39, 0.29) is 0 Å². The molecule has 0 radical (unpaired) electrons. The Bertz CT molecular complexity index is 478. The van der Waals surface area contributed by atoms with E-state index in [4.69, 9.17) is 5.73 Å². The van der Waals surface area contributed by atoms with Crippen LogP contribution in [-0.2, 0) is 0 Å². The Balaban J connectivity index is 2.24. The van der Waals surface area contributed by atoms with Crippen LogP contribution in [0, 0.1) is 13.8 Å². The number of rotatable bonds is 2. The van der Waals surface area contributed by atoms with Gasteiger partial charge in [0.15, 0.2) is 5.13 Å². The van der Waals surface area contributed by atoms with E-state index in [1.165, 1.54) is 4.88 Å². The molecular weight excluding hydrogens is 208 g/mol. The molecule has 0 aliphatic carbocycles. The second-order valence-electron chi connectivity index (χ2n) is 3.34. The minimum atomic E-state index is 0.674. The zero-order chi connectivity index (χ0) is 10.8. The molecule has 15 heavy (non-hydrogen) atoms. The Morgan fingerprint density at radius 3 is 2.67 bits per heavy atom. The maximum absolute atomic E-state index is 5.62. The van der Waals surface area contributed by atoms with E-state index < -0.39 is 0 Å². The van der Waals surface area contributed by atoms with E-state index in [0.29, 0.717) is 5.69 Å². The first-order chi connectivity index (χ1) is 7.15. The number of aromatic nitrogens is 2. The van der Waals surface area contributed by atoms with E-state index in [0.717, 1.165) is 16.5 Å². The summed E-state index contributed by atoms with van der Waals surface area (Å²) < 4.78 is 0. The van der Waals surface area contributed by atoms with Crippen molar-refractivity contribution in [1.29, 1.82) is 0 Å². The monoisotopic (exact) mass is 220 g/mol. The fourth-order valence-electron chi connectivity index (χ4n) is 1.24. The number of aryl methyl sites for hydroxylation is 2. The van der Waals surface area contributed by atoms with Gasteiger partial charge in [-0.2, -0.15) is 0 Å². The highest BCUT2D eigenvalue weighted by atomic mass is 32.1. The van der Waals surface area contributed by atoms with Crippen molar-refractivity contribution in [2.45, 2.75) is 13.8 Å².